The lowest BCUT2D eigenvalue weighted by Gasteiger charge is -2.35. The molecule has 1 amide bonds. The highest BCUT2D eigenvalue weighted by Gasteiger charge is 2.26. The molecule has 5 nitrogen and oxygen atoms in total. The average Bonchev–Trinajstić information content (AvgIpc) is 3.29. The van der Waals surface area contributed by atoms with Gasteiger partial charge in [0.2, 0.25) is 5.91 Å². The molecule has 0 atom stereocenters. The predicted molar refractivity (Wildman–Crippen MR) is 92.7 cm³/mol. The first-order valence-electron chi connectivity index (χ1n) is 8.81. The Labute approximate surface area is 142 Å². The second-order valence-electron chi connectivity index (χ2n) is 6.79. The van der Waals surface area contributed by atoms with Crippen LogP contribution in [0.1, 0.15) is 25.7 Å². The number of nitrogens with zero attached hydrogens (tertiary/aromatic N) is 3. The van der Waals surface area contributed by atoms with E-state index < -0.39 is 0 Å². The number of rotatable bonds is 4. The van der Waals surface area contributed by atoms with Gasteiger partial charge in [-0.05, 0) is 49.4 Å². The lowest BCUT2D eigenvalue weighted by Crippen LogP contribution is -2.39. The lowest BCUT2D eigenvalue weighted by molar-refractivity contribution is -0.128. The van der Waals surface area contributed by atoms with Crippen molar-refractivity contribution in [3.8, 4) is 11.3 Å². The van der Waals surface area contributed by atoms with E-state index in [-0.39, 0.29) is 0 Å². The topological polar surface area (TPSA) is 49.6 Å². The van der Waals surface area contributed by atoms with Crippen LogP contribution in [0.15, 0.2) is 41.3 Å². The maximum absolute atomic E-state index is 11.8. The Kier molecular flexibility index (Phi) is 4.24. The molecule has 1 aromatic heterocycles. The van der Waals surface area contributed by atoms with Gasteiger partial charge in [0.1, 0.15) is 0 Å². The summed E-state index contributed by atoms with van der Waals surface area (Å²) in [7, 11) is 0. The molecule has 4 rings (SSSR count). The Morgan fingerprint density at radius 2 is 1.92 bits per heavy atom. The number of likely N-dealkylation sites (tertiary alicyclic amines) is 1. The third-order valence-corrected chi connectivity index (χ3v) is 5.21. The van der Waals surface area contributed by atoms with E-state index in [2.05, 4.69) is 39.0 Å². The number of anilines is 1. The fourth-order valence-corrected chi connectivity index (χ4v) is 3.78. The largest absolute Gasteiger partial charge is 0.444 e. The summed E-state index contributed by atoms with van der Waals surface area (Å²) in [6.45, 7) is 4.04. The normalized spacial score (nSPS) is 19.2. The van der Waals surface area contributed by atoms with Crippen LogP contribution < -0.4 is 4.90 Å². The van der Waals surface area contributed by atoms with E-state index >= 15 is 0 Å². The number of hydrogen-bond acceptors (Lipinski definition) is 4. The maximum atomic E-state index is 11.8. The van der Waals surface area contributed by atoms with E-state index in [4.69, 9.17) is 4.42 Å². The Balaban J connectivity index is 1.33. The highest BCUT2D eigenvalue weighted by Crippen LogP contribution is 2.27. The van der Waals surface area contributed by atoms with Crippen LogP contribution in [0.2, 0.25) is 0 Å². The van der Waals surface area contributed by atoms with Crippen molar-refractivity contribution < 1.29 is 9.21 Å². The zero-order valence-corrected chi connectivity index (χ0v) is 13.9. The molecular formula is C19H23N3O2. The summed E-state index contributed by atoms with van der Waals surface area (Å²) >= 11 is 0. The fraction of sp³-hybridized carbons (Fsp3) is 0.474. The van der Waals surface area contributed by atoms with Crippen molar-refractivity contribution in [2.45, 2.75) is 25.7 Å². The van der Waals surface area contributed by atoms with Gasteiger partial charge in [-0.3, -0.25) is 4.79 Å². The van der Waals surface area contributed by atoms with Gasteiger partial charge >= 0.3 is 0 Å². The summed E-state index contributed by atoms with van der Waals surface area (Å²) in [5, 5.41) is 0. The molecule has 3 heterocycles. The van der Waals surface area contributed by atoms with Gasteiger partial charge in [0.25, 0.3) is 0 Å². The van der Waals surface area contributed by atoms with Crippen LogP contribution >= 0.6 is 0 Å². The zero-order chi connectivity index (χ0) is 16.4. The Bertz CT molecular complexity index is 673. The van der Waals surface area contributed by atoms with E-state index in [9.17, 15) is 4.79 Å². The van der Waals surface area contributed by atoms with E-state index in [0.29, 0.717) is 11.8 Å². The van der Waals surface area contributed by atoms with Crippen molar-refractivity contribution in [3.05, 3.63) is 36.9 Å². The molecule has 0 unspecified atom stereocenters. The van der Waals surface area contributed by atoms with Gasteiger partial charge in [0.05, 0.1) is 6.20 Å². The minimum absolute atomic E-state index is 0.348. The molecule has 24 heavy (non-hydrogen) atoms. The fourth-order valence-electron chi connectivity index (χ4n) is 3.78. The SMILES string of the molecule is O=C1CCCN1CC1CCN(c2ccc(-c3cnco3)cc2)CC1. The summed E-state index contributed by atoms with van der Waals surface area (Å²) in [5.74, 6) is 1.80. The summed E-state index contributed by atoms with van der Waals surface area (Å²) < 4.78 is 5.33. The van der Waals surface area contributed by atoms with Gasteiger partial charge in [0.15, 0.2) is 12.2 Å². The van der Waals surface area contributed by atoms with Gasteiger partial charge < -0.3 is 14.2 Å². The van der Waals surface area contributed by atoms with Crippen LogP contribution in [0, 0.1) is 5.92 Å². The molecule has 126 valence electrons. The number of amides is 1. The average molecular weight is 325 g/mol. The van der Waals surface area contributed by atoms with E-state index in [1.54, 1.807) is 6.20 Å². The van der Waals surface area contributed by atoms with Gasteiger partial charge in [-0.2, -0.15) is 0 Å². The molecular weight excluding hydrogens is 302 g/mol. The zero-order valence-electron chi connectivity index (χ0n) is 13.9. The minimum atomic E-state index is 0.348. The van der Waals surface area contributed by atoms with Crippen LogP contribution in [0.25, 0.3) is 11.3 Å². The van der Waals surface area contributed by atoms with E-state index in [1.807, 2.05) is 0 Å². The van der Waals surface area contributed by atoms with Crippen molar-refractivity contribution >= 4 is 11.6 Å². The van der Waals surface area contributed by atoms with Crippen molar-refractivity contribution in [1.29, 1.82) is 0 Å². The molecule has 2 aromatic rings. The molecule has 0 aliphatic carbocycles. The van der Waals surface area contributed by atoms with Crippen LogP contribution in [-0.2, 0) is 4.79 Å². The van der Waals surface area contributed by atoms with Crippen LogP contribution in [0.5, 0.6) is 0 Å². The number of aromatic nitrogens is 1. The molecule has 1 aromatic carbocycles. The number of carbonyl (C=O) groups is 1. The third kappa shape index (κ3) is 3.16. The molecule has 5 heteroatoms. The summed E-state index contributed by atoms with van der Waals surface area (Å²) in [4.78, 5) is 20.2. The van der Waals surface area contributed by atoms with Crippen LogP contribution in [0.3, 0.4) is 0 Å². The van der Waals surface area contributed by atoms with Crippen molar-refractivity contribution in [2.75, 3.05) is 31.1 Å². The number of piperidine rings is 1. The van der Waals surface area contributed by atoms with Gasteiger partial charge in [-0.15, -0.1) is 0 Å². The molecule has 0 bridgehead atoms. The Morgan fingerprint density at radius 1 is 1.12 bits per heavy atom. The van der Waals surface area contributed by atoms with Gasteiger partial charge in [0, 0.05) is 43.9 Å². The summed E-state index contributed by atoms with van der Waals surface area (Å²) in [6.07, 6.45) is 7.30. The number of carbonyl (C=O) groups excluding carboxylic acids is 1. The second-order valence-corrected chi connectivity index (χ2v) is 6.79. The molecule has 2 aliphatic rings. The maximum Gasteiger partial charge on any atom is 0.222 e. The lowest BCUT2D eigenvalue weighted by atomic mass is 9.95. The monoisotopic (exact) mass is 325 g/mol. The Morgan fingerprint density at radius 3 is 2.54 bits per heavy atom. The smallest absolute Gasteiger partial charge is 0.222 e. The predicted octanol–water partition coefficient (Wildman–Crippen LogP) is 3.18. The van der Waals surface area contributed by atoms with Crippen molar-refractivity contribution in [3.63, 3.8) is 0 Å². The molecule has 2 saturated heterocycles. The molecule has 0 spiro atoms. The second kappa shape index (κ2) is 6.67. The standard InChI is InChI=1S/C19H23N3O2/c23-19-2-1-9-22(19)13-15-7-10-21(11-8-15)17-5-3-16(4-6-17)18-12-20-14-24-18/h3-6,12,14-15H,1-2,7-11,13H2. The van der Waals surface area contributed by atoms with E-state index in [1.165, 1.54) is 12.1 Å². The Hall–Kier alpha value is -2.30. The van der Waals surface area contributed by atoms with Crippen molar-refractivity contribution in [2.24, 2.45) is 5.92 Å². The van der Waals surface area contributed by atoms with Gasteiger partial charge in [-0.25, -0.2) is 4.98 Å². The number of oxazole rings is 1. The molecule has 0 N–H and O–H groups in total. The first kappa shape index (κ1) is 15.2. The van der Waals surface area contributed by atoms with Crippen LogP contribution in [0.4, 0.5) is 5.69 Å². The first-order valence-corrected chi connectivity index (χ1v) is 8.81. The molecule has 2 aliphatic heterocycles. The highest BCUT2D eigenvalue weighted by molar-refractivity contribution is 5.78. The minimum Gasteiger partial charge on any atom is -0.444 e. The molecule has 2 fully saturated rings. The van der Waals surface area contributed by atoms with Crippen molar-refractivity contribution in [1.82, 2.24) is 9.88 Å². The quantitative estimate of drug-likeness (QED) is 0.866. The third-order valence-electron chi connectivity index (χ3n) is 5.21. The molecule has 0 radical (unpaired) electrons. The first-order chi connectivity index (χ1) is 11.8. The van der Waals surface area contributed by atoms with Crippen LogP contribution in [-0.4, -0.2) is 42.0 Å². The van der Waals surface area contributed by atoms with E-state index in [0.717, 1.165) is 63.2 Å². The number of benzene rings is 1. The van der Waals surface area contributed by atoms with Gasteiger partial charge in [-0.1, -0.05) is 0 Å². The summed E-state index contributed by atoms with van der Waals surface area (Å²) in [5.41, 5.74) is 2.31. The highest BCUT2D eigenvalue weighted by atomic mass is 16.3. The summed E-state index contributed by atoms with van der Waals surface area (Å²) in [6, 6.07) is 8.49. The molecule has 0 saturated carbocycles. The number of hydrogen-bond donors (Lipinski definition) is 0.